The number of thiazole rings is 1. The highest BCUT2D eigenvalue weighted by Gasteiger charge is 2.15. The average molecular weight is 378 g/mol. The molecule has 4 aromatic rings. The first-order valence-electron chi connectivity index (χ1n) is 7.95. The first-order chi connectivity index (χ1) is 13.2. The number of hydrogen-bond donors (Lipinski definition) is 1. The molecule has 8 nitrogen and oxygen atoms in total. The van der Waals surface area contributed by atoms with E-state index in [4.69, 9.17) is 4.74 Å². The van der Waals surface area contributed by atoms with E-state index in [9.17, 15) is 4.79 Å². The highest BCUT2D eigenvalue weighted by atomic mass is 32.1. The molecule has 0 fully saturated rings. The number of methoxy groups -OCH3 is 1. The maximum absolute atomic E-state index is 12.7. The number of carbonyl (C=O) groups is 1. The van der Waals surface area contributed by atoms with Gasteiger partial charge in [0.25, 0.3) is 5.91 Å². The summed E-state index contributed by atoms with van der Waals surface area (Å²) in [5.41, 5.74) is 2.47. The molecule has 0 radical (unpaired) electrons. The minimum absolute atomic E-state index is 0.309. The summed E-state index contributed by atoms with van der Waals surface area (Å²) in [4.78, 5) is 29.6. The fourth-order valence-electron chi connectivity index (χ4n) is 2.45. The van der Waals surface area contributed by atoms with Gasteiger partial charge in [0.2, 0.25) is 5.88 Å². The predicted octanol–water partition coefficient (Wildman–Crippen LogP) is 3.05. The molecule has 0 unspecified atom stereocenters. The Hall–Kier alpha value is -3.59. The van der Waals surface area contributed by atoms with E-state index in [0.717, 1.165) is 5.69 Å². The summed E-state index contributed by atoms with van der Waals surface area (Å²) in [6.07, 6.45) is 6.40. The van der Waals surface area contributed by atoms with E-state index in [1.807, 2.05) is 23.6 Å². The highest BCUT2D eigenvalue weighted by molar-refractivity contribution is 7.14. The van der Waals surface area contributed by atoms with Crippen molar-refractivity contribution in [1.29, 1.82) is 0 Å². The van der Waals surface area contributed by atoms with E-state index in [0.29, 0.717) is 28.1 Å². The standard InChI is InChI=1S/C18H14N6O2S/c1-26-16-6-2-5-13(21-16)14-10-27-18(22-14)23-17(25)15-9-20-11-24(15)12-4-3-7-19-8-12/h2-11H,1H3,(H,22,23,25). The molecule has 4 rings (SSSR count). The molecule has 4 heterocycles. The number of rotatable bonds is 5. The Morgan fingerprint density at radius 2 is 2.04 bits per heavy atom. The van der Waals surface area contributed by atoms with Crippen molar-refractivity contribution in [3.8, 4) is 23.0 Å². The minimum atomic E-state index is -0.309. The van der Waals surface area contributed by atoms with Crippen molar-refractivity contribution in [1.82, 2.24) is 24.5 Å². The van der Waals surface area contributed by atoms with Crippen LogP contribution >= 0.6 is 11.3 Å². The Labute approximate surface area is 158 Å². The molecule has 0 atom stereocenters. The van der Waals surface area contributed by atoms with Crippen LogP contribution in [0.25, 0.3) is 17.1 Å². The Balaban J connectivity index is 1.55. The summed E-state index contributed by atoms with van der Waals surface area (Å²) in [6.45, 7) is 0. The number of ether oxygens (including phenoxy) is 1. The van der Waals surface area contributed by atoms with Crippen molar-refractivity contribution in [2.45, 2.75) is 0 Å². The second kappa shape index (κ2) is 7.34. The number of anilines is 1. The van der Waals surface area contributed by atoms with Gasteiger partial charge in [0.1, 0.15) is 11.4 Å². The molecule has 0 aliphatic carbocycles. The van der Waals surface area contributed by atoms with Crippen molar-refractivity contribution in [3.63, 3.8) is 0 Å². The van der Waals surface area contributed by atoms with Gasteiger partial charge < -0.3 is 4.74 Å². The molecule has 0 bridgehead atoms. The van der Waals surface area contributed by atoms with E-state index in [1.54, 1.807) is 42.5 Å². The summed E-state index contributed by atoms with van der Waals surface area (Å²) in [6, 6.07) is 9.08. The lowest BCUT2D eigenvalue weighted by Gasteiger charge is -2.06. The minimum Gasteiger partial charge on any atom is -0.481 e. The van der Waals surface area contributed by atoms with Gasteiger partial charge in [-0.1, -0.05) is 6.07 Å². The van der Waals surface area contributed by atoms with Crippen molar-refractivity contribution in [2.24, 2.45) is 0 Å². The molecule has 9 heteroatoms. The zero-order valence-electron chi connectivity index (χ0n) is 14.2. The zero-order valence-corrected chi connectivity index (χ0v) is 15.1. The predicted molar refractivity (Wildman–Crippen MR) is 101 cm³/mol. The summed E-state index contributed by atoms with van der Waals surface area (Å²) in [5, 5.41) is 5.10. The largest absolute Gasteiger partial charge is 0.481 e. The zero-order chi connectivity index (χ0) is 18.6. The lowest BCUT2D eigenvalue weighted by atomic mass is 10.3. The topological polar surface area (TPSA) is 94.8 Å². The third kappa shape index (κ3) is 3.53. The second-order valence-electron chi connectivity index (χ2n) is 5.42. The van der Waals surface area contributed by atoms with Gasteiger partial charge in [-0.2, -0.15) is 0 Å². The van der Waals surface area contributed by atoms with Crippen LogP contribution in [-0.4, -0.2) is 37.5 Å². The van der Waals surface area contributed by atoms with Gasteiger partial charge in [0.05, 0.1) is 37.2 Å². The van der Waals surface area contributed by atoms with Crippen LogP contribution in [-0.2, 0) is 0 Å². The highest BCUT2D eigenvalue weighted by Crippen LogP contribution is 2.25. The monoisotopic (exact) mass is 378 g/mol. The molecule has 0 spiro atoms. The second-order valence-corrected chi connectivity index (χ2v) is 6.28. The van der Waals surface area contributed by atoms with Crippen LogP contribution < -0.4 is 10.1 Å². The number of amides is 1. The molecule has 134 valence electrons. The van der Waals surface area contributed by atoms with Crippen molar-refractivity contribution in [2.75, 3.05) is 12.4 Å². The van der Waals surface area contributed by atoms with Crippen LogP contribution in [0.1, 0.15) is 10.5 Å². The number of pyridine rings is 2. The Bertz CT molecular complexity index is 1080. The Morgan fingerprint density at radius 3 is 2.85 bits per heavy atom. The van der Waals surface area contributed by atoms with Crippen LogP contribution in [0.2, 0.25) is 0 Å². The van der Waals surface area contributed by atoms with E-state index in [2.05, 4.69) is 25.3 Å². The van der Waals surface area contributed by atoms with E-state index < -0.39 is 0 Å². The summed E-state index contributed by atoms with van der Waals surface area (Å²) >= 11 is 1.32. The van der Waals surface area contributed by atoms with Gasteiger partial charge in [-0.15, -0.1) is 11.3 Å². The first kappa shape index (κ1) is 16.9. The molecule has 4 aromatic heterocycles. The molecular weight excluding hydrogens is 364 g/mol. The molecule has 0 aliphatic rings. The SMILES string of the molecule is COc1cccc(-c2csc(NC(=O)c3cncn3-c3cccnc3)n2)n1. The molecule has 27 heavy (non-hydrogen) atoms. The van der Waals surface area contributed by atoms with Gasteiger partial charge >= 0.3 is 0 Å². The number of imidazole rings is 1. The molecule has 1 N–H and O–H groups in total. The normalized spacial score (nSPS) is 10.6. The molecular formula is C18H14N6O2S. The van der Waals surface area contributed by atoms with Crippen LogP contribution in [0.5, 0.6) is 5.88 Å². The van der Waals surface area contributed by atoms with Gasteiger partial charge in [-0.05, 0) is 18.2 Å². The number of hydrogen-bond acceptors (Lipinski definition) is 7. The molecule has 0 aliphatic heterocycles. The number of nitrogens with zero attached hydrogens (tertiary/aromatic N) is 5. The molecule has 0 saturated heterocycles. The van der Waals surface area contributed by atoms with E-state index in [1.165, 1.54) is 17.5 Å². The fourth-order valence-corrected chi connectivity index (χ4v) is 3.15. The van der Waals surface area contributed by atoms with Crippen LogP contribution in [0, 0.1) is 0 Å². The van der Waals surface area contributed by atoms with E-state index in [-0.39, 0.29) is 5.91 Å². The Kier molecular flexibility index (Phi) is 4.58. The van der Waals surface area contributed by atoms with Gasteiger partial charge in [-0.25, -0.2) is 15.0 Å². The maximum Gasteiger partial charge on any atom is 0.276 e. The average Bonchev–Trinajstić information content (AvgIpc) is 3.38. The summed E-state index contributed by atoms with van der Waals surface area (Å²) in [7, 11) is 1.56. The van der Waals surface area contributed by atoms with Gasteiger partial charge in [-0.3, -0.25) is 19.7 Å². The summed E-state index contributed by atoms with van der Waals surface area (Å²) < 4.78 is 6.80. The van der Waals surface area contributed by atoms with Gasteiger partial charge in [0, 0.05) is 17.6 Å². The smallest absolute Gasteiger partial charge is 0.276 e. The fraction of sp³-hybridized carbons (Fsp3) is 0.0556. The number of carbonyl (C=O) groups excluding carboxylic acids is 1. The Morgan fingerprint density at radius 1 is 1.11 bits per heavy atom. The van der Waals surface area contributed by atoms with Crippen LogP contribution in [0.15, 0.2) is 60.6 Å². The quantitative estimate of drug-likeness (QED) is 0.574. The maximum atomic E-state index is 12.7. The van der Waals surface area contributed by atoms with E-state index >= 15 is 0 Å². The van der Waals surface area contributed by atoms with Crippen LogP contribution in [0.4, 0.5) is 5.13 Å². The number of nitrogens with one attached hydrogen (secondary N) is 1. The van der Waals surface area contributed by atoms with Crippen molar-refractivity contribution in [3.05, 3.63) is 66.3 Å². The first-order valence-corrected chi connectivity index (χ1v) is 8.83. The molecule has 1 amide bonds. The lowest BCUT2D eigenvalue weighted by Crippen LogP contribution is -2.16. The van der Waals surface area contributed by atoms with Crippen molar-refractivity contribution < 1.29 is 9.53 Å². The van der Waals surface area contributed by atoms with Crippen LogP contribution in [0.3, 0.4) is 0 Å². The lowest BCUT2D eigenvalue weighted by molar-refractivity contribution is 0.102. The summed E-state index contributed by atoms with van der Waals surface area (Å²) in [5.74, 6) is 0.197. The molecule has 0 aromatic carbocycles. The van der Waals surface area contributed by atoms with Gasteiger partial charge in [0.15, 0.2) is 5.13 Å². The third-order valence-electron chi connectivity index (χ3n) is 3.71. The number of aromatic nitrogens is 5. The molecule has 0 saturated carbocycles. The third-order valence-corrected chi connectivity index (χ3v) is 4.47. The van der Waals surface area contributed by atoms with Crippen molar-refractivity contribution >= 4 is 22.4 Å².